The molecule has 0 radical (unpaired) electrons. The molecule has 23 heavy (non-hydrogen) atoms. The molecule has 2 amide bonds. The molecule has 130 valence electrons. The quantitative estimate of drug-likeness (QED) is 0.771. The maximum Gasteiger partial charge on any atom is 0.228 e. The number of piperidine rings is 2. The van der Waals surface area contributed by atoms with Crippen LogP contribution in [0.1, 0.15) is 32.1 Å². The largest absolute Gasteiger partial charge is 0.383 e. The molecule has 3 rings (SSSR count). The molecule has 0 aromatic rings. The van der Waals surface area contributed by atoms with Crippen LogP contribution in [0.25, 0.3) is 0 Å². The SMILES string of the molecule is COCCN1CC2(CCC1=O)CCN(C(=O)C1CCOC1)CC2. The Morgan fingerprint density at radius 3 is 2.78 bits per heavy atom. The Morgan fingerprint density at radius 1 is 1.35 bits per heavy atom. The van der Waals surface area contributed by atoms with Gasteiger partial charge in [-0.25, -0.2) is 0 Å². The van der Waals surface area contributed by atoms with Crippen molar-refractivity contribution in [1.82, 2.24) is 9.80 Å². The molecule has 3 aliphatic rings. The van der Waals surface area contributed by atoms with Crippen molar-refractivity contribution in [1.29, 1.82) is 0 Å². The van der Waals surface area contributed by atoms with Gasteiger partial charge in [0.25, 0.3) is 0 Å². The summed E-state index contributed by atoms with van der Waals surface area (Å²) in [5.41, 5.74) is 0.199. The lowest BCUT2D eigenvalue weighted by molar-refractivity contribution is -0.144. The van der Waals surface area contributed by atoms with E-state index in [1.165, 1.54) is 0 Å². The minimum absolute atomic E-state index is 0.0650. The van der Waals surface area contributed by atoms with E-state index in [4.69, 9.17) is 9.47 Å². The predicted molar refractivity (Wildman–Crippen MR) is 84.9 cm³/mol. The summed E-state index contributed by atoms with van der Waals surface area (Å²) in [5.74, 6) is 0.574. The van der Waals surface area contributed by atoms with Crippen LogP contribution in [0, 0.1) is 11.3 Å². The van der Waals surface area contributed by atoms with Crippen LogP contribution in [0.2, 0.25) is 0 Å². The van der Waals surface area contributed by atoms with E-state index in [-0.39, 0.29) is 23.1 Å². The molecule has 3 aliphatic heterocycles. The Labute approximate surface area is 138 Å². The minimum atomic E-state index is 0.0650. The second kappa shape index (κ2) is 7.18. The third kappa shape index (κ3) is 3.69. The zero-order valence-corrected chi connectivity index (χ0v) is 14.1. The molecule has 0 aromatic carbocycles. The van der Waals surface area contributed by atoms with Gasteiger partial charge in [0.2, 0.25) is 11.8 Å². The summed E-state index contributed by atoms with van der Waals surface area (Å²) < 4.78 is 10.5. The molecule has 3 heterocycles. The number of ether oxygens (including phenoxy) is 2. The molecule has 1 unspecified atom stereocenters. The van der Waals surface area contributed by atoms with Crippen molar-refractivity contribution in [3.8, 4) is 0 Å². The van der Waals surface area contributed by atoms with Gasteiger partial charge in [-0.3, -0.25) is 9.59 Å². The molecule has 6 nitrogen and oxygen atoms in total. The van der Waals surface area contributed by atoms with Crippen molar-refractivity contribution in [2.24, 2.45) is 11.3 Å². The number of carbonyl (C=O) groups is 2. The summed E-state index contributed by atoms with van der Waals surface area (Å²) >= 11 is 0. The molecule has 0 bridgehead atoms. The van der Waals surface area contributed by atoms with Crippen LogP contribution in [0.15, 0.2) is 0 Å². The topological polar surface area (TPSA) is 59.1 Å². The Hall–Kier alpha value is -1.14. The summed E-state index contributed by atoms with van der Waals surface area (Å²) in [5, 5.41) is 0. The van der Waals surface area contributed by atoms with Crippen LogP contribution in [-0.4, -0.2) is 74.7 Å². The fourth-order valence-electron chi connectivity index (χ4n) is 4.10. The maximum atomic E-state index is 12.5. The van der Waals surface area contributed by atoms with Crippen LogP contribution >= 0.6 is 0 Å². The van der Waals surface area contributed by atoms with Crippen molar-refractivity contribution < 1.29 is 19.1 Å². The lowest BCUT2D eigenvalue weighted by Gasteiger charge is -2.47. The minimum Gasteiger partial charge on any atom is -0.383 e. The van der Waals surface area contributed by atoms with Crippen molar-refractivity contribution in [3.63, 3.8) is 0 Å². The second-order valence-corrected chi connectivity index (χ2v) is 7.19. The van der Waals surface area contributed by atoms with E-state index in [2.05, 4.69) is 0 Å². The van der Waals surface area contributed by atoms with Crippen LogP contribution in [-0.2, 0) is 19.1 Å². The summed E-state index contributed by atoms with van der Waals surface area (Å²) in [6.07, 6.45) is 4.46. The number of nitrogens with zero attached hydrogens (tertiary/aromatic N) is 2. The van der Waals surface area contributed by atoms with E-state index in [1.54, 1.807) is 7.11 Å². The summed E-state index contributed by atoms with van der Waals surface area (Å²) in [7, 11) is 1.67. The van der Waals surface area contributed by atoms with Gasteiger partial charge in [-0.1, -0.05) is 0 Å². The zero-order chi connectivity index (χ0) is 16.3. The number of carbonyl (C=O) groups excluding carboxylic acids is 2. The standard InChI is InChI=1S/C17H28N2O4/c1-22-11-9-19-13-17(4-2-15(19)20)5-7-18(8-6-17)16(21)14-3-10-23-12-14/h14H,2-13H2,1H3. The zero-order valence-electron chi connectivity index (χ0n) is 14.1. The highest BCUT2D eigenvalue weighted by atomic mass is 16.5. The Kier molecular flexibility index (Phi) is 5.21. The lowest BCUT2D eigenvalue weighted by atomic mass is 9.72. The summed E-state index contributed by atoms with van der Waals surface area (Å²) in [6, 6.07) is 0. The molecule has 3 saturated heterocycles. The number of hydrogen-bond acceptors (Lipinski definition) is 4. The van der Waals surface area contributed by atoms with Crippen molar-refractivity contribution in [2.75, 3.05) is 53.1 Å². The number of methoxy groups -OCH3 is 1. The van der Waals surface area contributed by atoms with E-state index in [9.17, 15) is 9.59 Å². The average Bonchev–Trinajstić information content (AvgIpc) is 3.11. The molecular formula is C17H28N2O4. The molecule has 0 aromatic heterocycles. The Bertz CT molecular complexity index is 440. The average molecular weight is 324 g/mol. The first-order valence-corrected chi connectivity index (χ1v) is 8.77. The normalized spacial score (nSPS) is 27.7. The van der Waals surface area contributed by atoms with Crippen molar-refractivity contribution in [2.45, 2.75) is 32.1 Å². The fourth-order valence-corrected chi connectivity index (χ4v) is 4.10. The monoisotopic (exact) mass is 324 g/mol. The van der Waals surface area contributed by atoms with Gasteiger partial charge in [0.15, 0.2) is 0 Å². The molecule has 6 heteroatoms. The Morgan fingerprint density at radius 2 is 2.13 bits per heavy atom. The molecule has 0 N–H and O–H groups in total. The van der Waals surface area contributed by atoms with Crippen LogP contribution in [0.4, 0.5) is 0 Å². The molecular weight excluding hydrogens is 296 g/mol. The molecule has 3 fully saturated rings. The number of likely N-dealkylation sites (tertiary alicyclic amines) is 2. The number of hydrogen-bond donors (Lipinski definition) is 0. The van der Waals surface area contributed by atoms with Gasteiger partial charge < -0.3 is 19.3 Å². The van der Waals surface area contributed by atoms with Gasteiger partial charge >= 0.3 is 0 Å². The van der Waals surface area contributed by atoms with E-state index >= 15 is 0 Å². The van der Waals surface area contributed by atoms with Gasteiger partial charge in [0, 0.05) is 46.3 Å². The van der Waals surface area contributed by atoms with Gasteiger partial charge in [-0.15, -0.1) is 0 Å². The second-order valence-electron chi connectivity index (χ2n) is 7.19. The highest BCUT2D eigenvalue weighted by molar-refractivity contribution is 5.79. The third-order valence-electron chi connectivity index (χ3n) is 5.73. The molecule has 1 spiro atoms. The van der Waals surface area contributed by atoms with E-state index in [0.717, 1.165) is 45.3 Å². The summed E-state index contributed by atoms with van der Waals surface area (Å²) in [6.45, 7) is 5.03. The van der Waals surface area contributed by atoms with Gasteiger partial charge in [0.1, 0.15) is 0 Å². The highest BCUT2D eigenvalue weighted by Crippen LogP contribution is 2.40. The van der Waals surface area contributed by atoms with Crippen LogP contribution in [0.5, 0.6) is 0 Å². The first kappa shape index (κ1) is 16.7. The van der Waals surface area contributed by atoms with Crippen LogP contribution < -0.4 is 0 Å². The molecule has 1 atom stereocenters. The first-order valence-electron chi connectivity index (χ1n) is 8.77. The first-order chi connectivity index (χ1) is 11.1. The lowest BCUT2D eigenvalue weighted by Crippen LogP contribution is -2.53. The van der Waals surface area contributed by atoms with Crippen molar-refractivity contribution in [3.05, 3.63) is 0 Å². The van der Waals surface area contributed by atoms with E-state index in [0.29, 0.717) is 32.8 Å². The summed E-state index contributed by atoms with van der Waals surface area (Å²) in [4.78, 5) is 28.5. The maximum absolute atomic E-state index is 12.5. The smallest absolute Gasteiger partial charge is 0.228 e. The van der Waals surface area contributed by atoms with Crippen molar-refractivity contribution >= 4 is 11.8 Å². The van der Waals surface area contributed by atoms with Crippen LogP contribution in [0.3, 0.4) is 0 Å². The van der Waals surface area contributed by atoms with Gasteiger partial charge in [-0.05, 0) is 31.1 Å². The van der Waals surface area contributed by atoms with Gasteiger partial charge in [-0.2, -0.15) is 0 Å². The number of rotatable bonds is 4. The molecule has 0 saturated carbocycles. The Balaban J connectivity index is 1.54. The highest BCUT2D eigenvalue weighted by Gasteiger charge is 2.42. The number of amides is 2. The van der Waals surface area contributed by atoms with Gasteiger partial charge in [0.05, 0.1) is 19.1 Å². The van der Waals surface area contributed by atoms with E-state index in [1.807, 2.05) is 9.80 Å². The predicted octanol–water partition coefficient (Wildman–Crippen LogP) is 0.901. The third-order valence-corrected chi connectivity index (χ3v) is 5.73. The fraction of sp³-hybridized carbons (Fsp3) is 0.882. The molecule has 0 aliphatic carbocycles. The van der Waals surface area contributed by atoms with E-state index < -0.39 is 0 Å².